The summed E-state index contributed by atoms with van der Waals surface area (Å²) in [5, 5.41) is 3.63. The third kappa shape index (κ3) is 11.6. The Morgan fingerprint density at radius 3 is 1.59 bits per heavy atom. The molecule has 0 aromatic heterocycles. The normalized spacial score (nSPS) is 11.3. The fourth-order valence-electron chi connectivity index (χ4n) is 3.87. The van der Waals surface area contributed by atoms with Gasteiger partial charge in [-0.15, -0.1) is 0 Å². The van der Waals surface area contributed by atoms with Crippen molar-refractivity contribution in [2.75, 3.05) is 6.54 Å². The molecular formula is C26H47N. The Kier molecular flexibility index (Phi) is 14.5. The van der Waals surface area contributed by atoms with Crippen LogP contribution >= 0.6 is 0 Å². The second-order valence-electron chi connectivity index (χ2n) is 8.56. The van der Waals surface area contributed by atoms with Crippen LogP contribution in [0.25, 0.3) is 0 Å². The third-order valence-electron chi connectivity index (χ3n) is 6.19. The minimum Gasteiger partial charge on any atom is -0.313 e. The van der Waals surface area contributed by atoms with Gasteiger partial charge in [0.15, 0.2) is 0 Å². The van der Waals surface area contributed by atoms with Crippen LogP contribution in [0.15, 0.2) is 12.1 Å². The van der Waals surface area contributed by atoms with Crippen LogP contribution in [0.5, 0.6) is 0 Å². The van der Waals surface area contributed by atoms with Crippen molar-refractivity contribution in [3.05, 3.63) is 34.4 Å². The molecule has 1 heteroatoms. The summed E-state index contributed by atoms with van der Waals surface area (Å²) in [6, 6.07) is 4.54. The summed E-state index contributed by atoms with van der Waals surface area (Å²) in [4.78, 5) is 0. The first-order chi connectivity index (χ1) is 13.2. The van der Waals surface area contributed by atoms with Crippen LogP contribution in [0.1, 0.15) is 119 Å². The molecule has 0 fully saturated rings. The molecule has 0 bridgehead atoms. The van der Waals surface area contributed by atoms with Gasteiger partial charge in [0.25, 0.3) is 0 Å². The molecule has 0 aliphatic rings. The van der Waals surface area contributed by atoms with Crippen molar-refractivity contribution >= 4 is 0 Å². The maximum atomic E-state index is 3.63. The zero-order valence-electron chi connectivity index (χ0n) is 19.0. The van der Waals surface area contributed by atoms with E-state index in [0.717, 1.165) is 13.1 Å². The third-order valence-corrected chi connectivity index (χ3v) is 6.19. The fraction of sp³-hybridized carbons (Fsp3) is 0.769. The van der Waals surface area contributed by atoms with Gasteiger partial charge in [-0.2, -0.15) is 0 Å². The summed E-state index contributed by atoms with van der Waals surface area (Å²) in [6.45, 7) is 11.2. The lowest BCUT2D eigenvalue weighted by Gasteiger charge is -2.12. The van der Waals surface area contributed by atoms with Crippen molar-refractivity contribution in [1.82, 2.24) is 5.32 Å². The number of aryl methyl sites for hydroxylation is 1. The SMILES string of the molecule is CCCCCCCCCCCCCCCCNCc1ccc(C)c(C)c1C. The Morgan fingerprint density at radius 1 is 0.593 bits per heavy atom. The molecule has 0 aliphatic carbocycles. The van der Waals surface area contributed by atoms with Gasteiger partial charge in [0, 0.05) is 6.54 Å². The molecule has 156 valence electrons. The highest BCUT2D eigenvalue weighted by Gasteiger charge is 2.03. The van der Waals surface area contributed by atoms with Crippen LogP contribution in [-0.2, 0) is 6.54 Å². The van der Waals surface area contributed by atoms with Gasteiger partial charge in [-0.25, -0.2) is 0 Å². The Bertz CT molecular complexity index is 477. The highest BCUT2D eigenvalue weighted by atomic mass is 14.8. The van der Waals surface area contributed by atoms with Gasteiger partial charge in [-0.05, 0) is 56.0 Å². The molecule has 0 radical (unpaired) electrons. The Hall–Kier alpha value is -0.820. The first-order valence-corrected chi connectivity index (χ1v) is 11.9. The fourth-order valence-corrected chi connectivity index (χ4v) is 3.87. The maximum Gasteiger partial charge on any atom is 0.0208 e. The van der Waals surface area contributed by atoms with Gasteiger partial charge >= 0.3 is 0 Å². The summed E-state index contributed by atoms with van der Waals surface area (Å²) in [7, 11) is 0. The smallest absolute Gasteiger partial charge is 0.0208 e. The molecule has 0 saturated heterocycles. The van der Waals surface area contributed by atoms with Crippen molar-refractivity contribution in [3.8, 4) is 0 Å². The molecular weight excluding hydrogens is 326 g/mol. The summed E-state index contributed by atoms with van der Waals surface area (Å²) < 4.78 is 0. The maximum absolute atomic E-state index is 3.63. The van der Waals surface area contributed by atoms with Gasteiger partial charge in [0.1, 0.15) is 0 Å². The molecule has 0 spiro atoms. The van der Waals surface area contributed by atoms with E-state index in [9.17, 15) is 0 Å². The quantitative estimate of drug-likeness (QED) is 0.271. The van der Waals surface area contributed by atoms with Gasteiger partial charge in [0.2, 0.25) is 0 Å². The molecule has 0 heterocycles. The van der Waals surface area contributed by atoms with Crippen LogP contribution in [0.3, 0.4) is 0 Å². The summed E-state index contributed by atoms with van der Waals surface area (Å²) in [5.74, 6) is 0. The molecule has 0 unspecified atom stereocenters. The second-order valence-corrected chi connectivity index (χ2v) is 8.56. The van der Waals surface area contributed by atoms with E-state index in [1.165, 1.54) is 112 Å². The highest BCUT2D eigenvalue weighted by Crippen LogP contribution is 2.17. The number of unbranched alkanes of at least 4 members (excludes halogenated alkanes) is 13. The van der Waals surface area contributed by atoms with Gasteiger partial charge < -0.3 is 5.32 Å². The van der Waals surface area contributed by atoms with E-state index in [0.29, 0.717) is 0 Å². The average molecular weight is 374 g/mol. The molecule has 1 aromatic carbocycles. The Balaban J connectivity index is 1.85. The minimum atomic E-state index is 1.02. The molecule has 27 heavy (non-hydrogen) atoms. The highest BCUT2D eigenvalue weighted by molar-refractivity contribution is 5.38. The van der Waals surface area contributed by atoms with E-state index in [4.69, 9.17) is 0 Å². The van der Waals surface area contributed by atoms with Gasteiger partial charge in [0.05, 0.1) is 0 Å². The number of hydrogen-bond acceptors (Lipinski definition) is 1. The number of hydrogen-bond donors (Lipinski definition) is 1. The van der Waals surface area contributed by atoms with E-state index in [2.05, 4.69) is 45.1 Å². The predicted molar refractivity (Wildman–Crippen MR) is 123 cm³/mol. The topological polar surface area (TPSA) is 12.0 Å². The molecule has 1 rings (SSSR count). The van der Waals surface area contributed by atoms with E-state index >= 15 is 0 Å². The van der Waals surface area contributed by atoms with Gasteiger partial charge in [-0.3, -0.25) is 0 Å². The van der Waals surface area contributed by atoms with Crippen molar-refractivity contribution in [1.29, 1.82) is 0 Å². The Morgan fingerprint density at radius 2 is 1.07 bits per heavy atom. The standard InChI is InChI=1S/C26H47N/c1-5-6-7-8-9-10-11-12-13-14-15-16-17-18-21-27-22-26-20-19-23(2)24(3)25(26)4/h19-20,27H,5-18,21-22H2,1-4H3. The summed E-state index contributed by atoms with van der Waals surface area (Å²) in [6.07, 6.45) is 20.0. The number of rotatable bonds is 17. The van der Waals surface area contributed by atoms with E-state index < -0.39 is 0 Å². The van der Waals surface area contributed by atoms with E-state index in [1.807, 2.05) is 0 Å². The van der Waals surface area contributed by atoms with E-state index in [-0.39, 0.29) is 0 Å². The van der Waals surface area contributed by atoms with E-state index in [1.54, 1.807) is 0 Å². The van der Waals surface area contributed by atoms with Crippen LogP contribution in [0.2, 0.25) is 0 Å². The van der Waals surface area contributed by atoms with Crippen LogP contribution in [-0.4, -0.2) is 6.54 Å². The monoisotopic (exact) mass is 373 g/mol. The second kappa shape index (κ2) is 16.2. The van der Waals surface area contributed by atoms with Crippen LogP contribution in [0, 0.1) is 20.8 Å². The van der Waals surface area contributed by atoms with Crippen LogP contribution < -0.4 is 5.32 Å². The summed E-state index contributed by atoms with van der Waals surface area (Å²) >= 11 is 0. The zero-order valence-corrected chi connectivity index (χ0v) is 19.0. The Labute approximate surface area is 170 Å². The molecule has 0 amide bonds. The predicted octanol–water partition coefficient (Wildman–Crippen LogP) is 8.18. The van der Waals surface area contributed by atoms with Crippen molar-refractivity contribution < 1.29 is 0 Å². The first kappa shape index (κ1) is 24.2. The van der Waals surface area contributed by atoms with Crippen molar-refractivity contribution in [2.24, 2.45) is 0 Å². The first-order valence-electron chi connectivity index (χ1n) is 11.9. The van der Waals surface area contributed by atoms with Crippen molar-refractivity contribution in [3.63, 3.8) is 0 Å². The molecule has 1 aromatic rings. The molecule has 0 saturated carbocycles. The summed E-state index contributed by atoms with van der Waals surface area (Å²) in [5.41, 5.74) is 5.78. The van der Waals surface area contributed by atoms with Crippen LogP contribution in [0.4, 0.5) is 0 Å². The molecule has 0 atom stereocenters. The number of nitrogens with one attached hydrogen (secondary N) is 1. The van der Waals surface area contributed by atoms with Crippen molar-refractivity contribution in [2.45, 2.75) is 124 Å². The average Bonchev–Trinajstić information content (AvgIpc) is 2.67. The molecule has 1 nitrogen and oxygen atoms in total. The molecule has 1 N–H and O–H groups in total. The molecule has 0 aliphatic heterocycles. The number of benzene rings is 1. The zero-order chi connectivity index (χ0) is 19.7. The van der Waals surface area contributed by atoms with Gasteiger partial charge in [-0.1, -0.05) is 103 Å². The lowest BCUT2D eigenvalue weighted by molar-refractivity contribution is 0.529. The lowest BCUT2D eigenvalue weighted by atomic mass is 9.99. The minimum absolute atomic E-state index is 1.02. The lowest BCUT2D eigenvalue weighted by Crippen LogP contribution is -2.15. The largest absolute Gasteiger partial charge is 0.313 e.